The SMILES string of the molecule is CC(=O)N[C@@H]1CC[C@@H](O)C1. The summed E-state index contributed by atoms with van der Waals surface area (Å²) in [5, 5.41) is 11.8. The van der Waals surface area contributed by atoms with Crippen molar-refractivity contribution in [3.63, 3.8) is 0 Å². The van der Waals surface area contributed by atoms with Gasteiger partial charge in [-0.25, -0.2) is 0 Å². The molecule has 0 heterocycles. The van der Waals surface area contributed by atoms with Gasteiger partial charge < -0.3 is 10.4 Å². The minimum atomic E-state index is -0.197. The van der Waals surface area contributed by atoms with Crippen LogP contribution in [0.2, 0.25) is 0 Å². The minimum absolute atomic E-state index is 0.000833. The lowest BCUT2D eigenvalue weighted by Crippen LogP contribution is -2.30. The summed E-state index contributed by atoms with van der Waals surface area (Å²) in [6.07, 6.45) is 2.27. The van der Waals surface area contributed by atoms with Crippen LogP contribution in [-0.4, -0.2) is 23.2 Å². The van der Waals surface area contributed by atoms with Gasteiger partial charge in [-0.05, 0) is 19.3 Å². The van der Waals surface area contributed by atoms with E-state index in [0.717, 1.165) is 19.3 Å². The highest BCUT2D eigenvalue weighted by molar-refractivity contribution is 5.73. The highest BCUT2D eigenvalue weighted by atomic mass is 16.3. The lowest BCUT2D eigenvalue weighted by molar-refractivity contribution is -0.119. The molecular formula is C7H13NO2. The molecule has 0 aromatic rings. The van der Waals surface area contributed by atoms with Crippen molar-refractivity contribution in [1.82, 2.24) is 5.32 Å². The lowest BCUT2D eigenvalue weighted by Gasteiger charge is -2.08. The molecule has 0 bridgehead atoms. The van der Waals surface area contributed by atoms with E-state index in [1.54, 1.807) is 0 Å². The van der Waals surface area contributed by atoms with Gasteiger partial charge in [-0.2, -0.15) is 0 Å². The quantitative estimate of drug-likeness (QED) is 0.544. The van der Waals surface area contributed by atoms with Crippen molar-refractivity contribution in [3.05, 3.63) is 0 Å². The molecule has 1 aliphatic carbocycles. The largest absolute Gasteiger partial charge is 0.393 e. The number of aliphatic hydroxyl groups excluding tert-OH is 1. The van der Waals surface area contributed by atoms with Gasteiger partial charge >= 0.3 is 0 Å². The molecule has 0 radical (unpaired) electrons. The van der Waals surface area contributed by atoms with Crippen LogP contribution in [0.25, 0.3) is 0 Å². The minimum Gasteiger partial charge on any atom is -0.393 e. The van der Waals surface area contributed by atoms with E-state index in [0.29, 0.717) is 0 Å². The van der Waals surface area contributed by atoms with Gasteiger partial charge in [-0.1, -0.05) is 0 Å². The topological polar surface area (TPSA) is 49.3 Å². The molecule has 1 saturated carbocycles. The molecule has 1 rings (SSSR count). The maximum atomic E-state index is 10.5. The molecule has 1 fully saturated rings. The first-order valence-electron chi connectivity index (χ1n) is 3.63. The van der Waals surface area contributed by atoms with Gasteiger partial charge in [-0.3, -0.25) is 4.79 Å². The number of carbonyl (C=O) groups is 1. The van der Waals surface area contributed by atoms with Crippen LogP contribution in [-0.2, 0) is 4.79 Å². The van der Waals surface area contributed by atoms with Crippen LogP contribution in [0.4, 0.5) is 0 Å². The molecule has 0 spiro atoms. The number of carbonyl (C=O) groups excluding carboxylic acids is 1. The second-order valence-electron chi connectivity index (χ2n) is 2.86. The Balaban J connectivity index is 2.24. The lowest BCUT2D eigenvalue weighted by atomic mass is 10.2. The van der Waals surface area contributed by atoms with Crippen molar-refractivity contribution < 1.29 is 9.90 Å². The summed E-state index contributed by atoms with van der Waals surface area (Å²) in [5.74, 6) is -0.000833. The average molecular weight is 143 g/mol. The van der Waals surface area contributed by atoms with E-state index in [9.17, 15) is 4.79 Å². The van der Waals surface area contributed by atoms with E-state index in [2.05, 4.69) is 5.32 Å². The molecule has 3 heteroatoms. The monoisotopic (exact) mass is 143 g/mol. The third-order valence-corrected chi connectivity index (χ3v) is 1.81. The Bertz CT molecular complexity index is 136. The van der Waals surface area contributed by atoms with Gasteiger partial charge in [0.15, 0.2) is 0 Å². The normalized spacial score (nSPS) is 32.2. The molecule has 3 nitrogen and oxygen atoms in total. The molecule has 0 aliphatic heterocycles. The first-order chi connectivity index (χ1) is 4.68. The molecule has 2 atom stereocenters. The molecule has 1 aliphatic rings. The van der Waals surface area contributed by atoms with Crippen LogP contribution < -0.4 is 5.32 Å². The molecule has 0 aromatic heterocycles. The fourth-order valence-corrected chi connectivity index (χ4v) is 1.38. The Labute approximate surface area is 60.4 Å². The van der Waals surface area contributed by atoms with E-state index in [-0.39, 0.29) is 18.1 Å². The molecule has 0 aromatic carbocycles. The van der Waals surface area contributed by atoms with Crippen LogP contribution in [0, 0.1) is 0 Å². The van der Waals surface area contributed by atoms with Gasteiger partial charge in [0.1, 0.15) is 0 Å². The number of hydrogen-bond donors (Lipinski definition) is 2. The molecule has 2 N–H and O–H groups in total. The van der Waals surface area contributed by atoms with Gasteiger partial charge in [-0.15, -0.1) is 0 Å². The van der Waals surface area contributed by atoms with Crippen molar-refractivity contribution in [1.29, 1.82) is 0 Å². The van der Waals surface area contributed by atoms with Crippen molar-refractivity contribution in [3.8, 4) is 0 Å². The average Bonchev–Trinajstić information content (AvgIpc) is 2.13. The molecule has 58 valence electrons. The number of rotatable bonds is 1. The van der Waals surface area contributed by atoms with Crippen LogP contribution in [0.5, 0.6) is 0 Å². The van der Waals surface area contributed by atoms with Crippen LogP contribution >= 0.6 is 0 Å². The first kappa shape index (κ1) is 7.54. The standard InChI is InChI=1S/C7H13NO2/c1-5(9)8-6-2-3-7(10)4-6/h6-7,10H,2-4H2,1H3,(H,8,9)/t6-,7-/m1/s1. The second-order valence-corrected chi connectivity index (χ2v) is 2.86. The molecular weight excluding hydrogens is 130 g/mol. The van der Waals surface area contributed by atoms with Crippen molar-refractivity contribution in [2.75, 3.05) is 0 Å². The third kappa shape index (κ3) is 1.99. The molecule has 0 saturated heterocycles. The smallest absolute Gasteiger partial charge is 0.217 e. The zero-order valence-corrected chi connectivity index (χ0v) is 6.13. The Morgan fingerprint density at radius 1 is 1.60 bits per heavy atom. The molecule has 10 heavy (non-hydrogen) atoms. The van der Waals surface area contributed by atoms with Crippen molar-refractivity contribution >= 4 is 5.91 Å². The van der Waals surface area contributed by atoms with E-state index in [4.69, 9.17) is 5.11 Å². The van der Waals surface area contributed by atoms with E-state index < -0.39 is 0 Å². The Morgan fingerprint density at radius 2 is 2.30 bits per heavy atom. The second kappa shape index (κ2) is 3.01. The number of aliphatic hydroxyl groups is 1. The summed E-state index contributed by atoms with van der Waals surface area (Å²) in [6, 6.07) is 0.215. The van der Waals surface area contributed by atoms with Gasteiger partial charge in [0.2, 0.25) is 5.91 Å². The zero-order valence-electron chi connectivity index (χ0n) is 6.13. The van der Waals surface area contributed by atoms with Crippen molar-refractivity contribution in [2.45, 2.75) is 38.3 Å². The third-order valence-electron chi connectivity index (χ3n) is 1.81. The van der Waals surface area contributed by atoms with E-state index in [1.165, 1.54) is 6.92 Å². The van der Waals surface area contributed by atoms with Gasteiger partial charge in [0.25, 0.3) is 0 Å². The number of nitrogens with one attached hydrogen (secondary N) is 1. The number of hydrogen-bond acceptors (Lipinski definition) is 2. The maximum absolute atomic E-state index is 10.5. The Hall–Kier alpha value is -0.570. The Morgan fingerprint density at radius 3 is 2.70 bits per heavy atom. The first-order valence-corrected chi connectivity index (χ1v) is 3.63. The van der Waals surface area contributed by atoms with Crippen LogP contribution in [0.15, 0.2) is 0 Å². The highest BCUT2D eigenvalue weighted by Gasteiger charge is 2.22. The fraction of sp³-hybridized carbons (Fsp3) is 0.857. The van der Waals surface area contributed by atoms with E-state index in [1.807, 2.05) is 0 Å². The molecule has 0 unspecified atom stereocenters. The van der Waals surface area contributed by atoms with E-state index >= 15 is 0 Å². The van der Waals surface area contributed by atoms with Gasteiger partial charge in [0.05, 0.1) is 6.10 Å². The number of amides is 1. The predicted molar refractivity (Wildman–Crippen MR) is 37.5 cm³/mol. The Kier molecular flexibility index (Phi) is 2.27. The summed E-state index contributed by atoms with van der Waals surface area (Å²) in [6.45, 7) is 1.50. The van der Waals surface area contributed by atoms with Gasteiger partial charge in [0, 0.05) is 13.0 Å². The molecule has 1 amide bonds. The van der Waals surface area contributed by atoms with Crippen LogP contribution in [0.1, 0.15) is 26.2 Å². The maximum Gasteiger partial charge on any atom is 0.217 e. The summed E-state index contributed by atoms with van der Waals surface area (Å²) in [7, 11) is 0. The summed E-state index contributed by atoms with van der Waals surface area (Å²) in [5.41, 5.74) is 0. The highest BCUT2D eigenvalue weighted by Crippen LogP contribution is 2.18. The summed E-state index contributed by atoms with van der Waals surface area (Å²) in [4.78, 5) is 10.5. The van der Waals surface area contributed by atoms with Crippen molar-refractivity contribution in [2.24, 2.45) is 0 Å². The predicted octanol–water partition coefficient (Wildman–Crippen LogP) is 0.0359. The fourth-order valence-electron chi connectivity index (χ4n) is 1.38. The summed E-state index contributed by atoms with van der Waals surface area (Å²) < 4.78 is 0. The zero-order chi connectivity index (χ0) is 7.56. The van der Waals surface area contributed by atoms with Crippen LogP contribution in [0.3, 0.4) is 0 Å². The summed E-state index contributed by atoms with van der Waals surface area (Å²) >= 11 is 0.